The van der Waals surface area contributed by atoms with E-state index in [0.717, 1.165) is 0 Å². The molecule has 19 heavy (non-hydrogen) atoms. The van der Waals surface area contributed by atoms with Crippen LogP contribution in [0.5, 0.6) is 17.4 Å². The molecule has 1 aromatic carbocycles. The van der Waals surface area contributed by atoms with Gasteiger partial charge in [-0.3, -0.25) is 0 Å². The van der Waals surface area contributed by atoms with E-state index in [1.54, 1.807) is 12.1 Å². The van der Waals surface area contributed by atoms with Gasteiger partial charge in [0.05, 0.1) is 18.5 Å². The maximum absolute atomic E-state index is 9.01. The van der Waals surface area contributed by atoms with Crippen LogP contribution in [0.1, 0.15) is 12.5 Å². The number of nitriles is 1. The summed E-state index contributed by atoms with van der Waals surface area (Å²) in [7, 11) is 0. The van der Waals surface area contributed by atoms with Crippen LogP contribution >= 0.6 is 0 Å². The summed E-state index contributed by atoms with van der Waals surface area (Å²) in [5.74, 6) is 1.49. The van der Waals surface area contributed by atoms with Gasteiger partial charge in [-0.2, -0.15) is 5.26 Å². The molecule has 5 nitrogen and oxygen atoms in total. The number of hydrogen-bond acceptors (Lipinski definition) is 5. The minimum absolute atomic E-state index is 0.227. The molecule has 0 amide bonds. The van der Waals surface area contributed by atoms with Crippen molar-refractivity contribution < 1.29 is 9.47 Å². The number of benzene rings is 1. The summed E-state index contributed by atoms with van der Waals surface area (Å²) < 4.78 is 10.9. The van der Waals surface area contributed by atoms with E-state index >= 15 is 0 Å². The Bertz CT molecular complexity index is 620. The van der Waals surface area contributed by atoms with Crippen LogP contribution in [0, 0.1) is 11.3 Å². The molecule has 96 valence electrons. The molecule has 0 saturated carbocycles. The molecule has 0 saturated heterocycles. The molecule has 0 aliphatic carbocycles. The summed E-state index contributed by atoms with van der Waals surface area (Å²) in [6.07, 6.45) is 1.45. The van der Waals surface area contributed by atoms with Gasteiger partial charge in [0.15, 0.2) is 0 Å². The van der Waals surface area contributed by atoms with Gasteiger partial charge in [-0.25, -0.2) is 4.98 Å². The second-order valence-corrected chi connectivity index (χ2v) is 3.74. The fourth-order valence-corrected chi connectivity index (χ4v) is 1.54. The molecule has 2 aromatic rings. The first-order valence-corrected chi connectivity index (χ1v) is 5.79. The largest absolute Gasteiger partial charge is 0.494 e. The van der Waals surface area contributed by atoms with Gasteiger partial charge in [0.25, 0.3) is 0 Å². The molecule has 0 fully saturated rings. The molecule has 0 aliphatic rings. The average molecular weight is 255 g/mol. The van der Waals surface area contributed by atoms with Crippen molar-refractivity contribution in [3.05, 3.63) is 42.1 Å². The Morgan fingerprint density at radius 2 is 2.11 bits per heavy atom. The second-order valence-electron chi connectivity index (χ2n) is 3.74. The van der Waals surface area contributed by atoms with Gasteiger partial charge in [0, 0.05) is 6.07 Å². The normalized spacial score (nSPS) is 9.68. The summed E-state index contributed by atoms with van der Waals surface area (Å²) in [4.78, 5) is 4.01. The third kappa shape index (κ3) is 3.13. The van der Waals surface area contributed by atoms with E-state index in [0.29, 0.717) is 29.4 Å². The van der Waals surface area contributed by atoms with E-state index in [4.69, 9.17) is 20.5 Å². The Hall–Kier alpha value is -2.74. The van der Waals surface area contributed by atoms with Gasteiger partial charge in [0.1, 0.15) is 23.1 Å². The van der Waals surface area contributed by atoms with Crippen LogP contribution in [0.15, 0.2) is 36.5 Å². The third-order valence-corrected chi connectivity index (χ3v) is 2.32. The van der Waals surface area contributed by atoms with Gasteiger partial charge in [-0.15, -0.1) is 0 Å². The minimum Gasteiger partial charge on any atom is -0.494 e. The standard InChI is InChI=1S/C14H13N3O2/c1-2-18-12-4-3-5-13(7-12)19-14-10(8-15)6-11(16)9-17-14/h3-7,9H,2,16H2,1H3. The number of nitrogen functional groups attached to an aromatic ring is 1. The quantitative estimate of drug-likeness (QED) is 0.908. The lowest BCUT2D eigenvalue weighted by atomic mass is 10.2. The van der Waals surface area contributed by atoms with Crippen molar-refractivity contribution in [2.45, 2.75) is 6.92 Å². The average Bonchev–Trinajstić information content (AvgIpc) is 2.41. The third-order valence-electron chi connectivity index (χ3n) is 2.32. The van der Waals surface area contributed by atoms with Gasteiger partial charge in [0.2, 0.25) is 5.88 Å². The zero-order chi connectivity index (χ0) is 13.7. The number of ether oxygens (including phenoxy) is 2. The Kier molecular flexibility index (Phi) is 3.84. The number of nitrogens with zero attached hydrogens (tertiary/aromatic N) is 2. The Labute approximate surface area is 111 Å². The number of rotatable bonds is 4. The summed E-state index contributed by atoms with van der Waals surface area (Å²) in [6.45, 7) is 2.48. The summed E-state index contributed by atoms with van der Waals surface area (Å²) in [6, 6.07) is 10.7. The van der Waals surface area contributed by atoms with Crippen molar-refractivity contribution in [1.82, 2.24) is 4.98 Å². The highest BCUT2D eigenvalue weighted by Gasteiger charge is 2.07. The first-order valence-electron chi connectivity index (χ1n) is 5.79. The fraction of sp³-hybridized carbons (Fsp3) is 0.143. The van der Waals surface area contributed by atoms with E-state index < -0.39 is 0 Å². The van der Waals surface area contributed by atoms with Crippen LogP contribution in [0.4, 0.5) is 5.69 Å². The molecule has 2 rings (SSSR count). The lowest BCUT2D eigenvalue weighted by molar-refractivity contribution is 0.338. The fourth-order valence-electron chi connectivity index (χ4n) is 1.54. The molecule has 0 bridgehead atoms. The molecule has 0 atom stereocenters. The molecule has 5 heteroatoms. The van der Waals surface area contributed by atoms with Crippen LogP contribution in [0.25, 0.3) is 0 Å². The maximum atomic E-state index is 9.01. The number of nitrogens with two attached hydrogens (primary N) is 1. The predicted octanol–water partition coefficient (Wildman–Crippen LogP) is 2.73. The predicted molar refractivity (Wildman–Crippen MR) is 71.0 cm³/mol. The Balaban J connectivity index is 2.26. The molecule has 0 aliphatic heterocycles. The first kappa shape index (κ1) is 12.7. The summed E-state index contributed by atoms with van der Waals surface area (Å²) in [5.41, 5.74) is 6.29. The SMILES string of the molecule is CCOc1cccc(Oc2ncc(N)cc2C#N)c1. The lowest BCUT2D eigenvalue weighted by Crippen LogP contribution is -1.96. The molecule has 0 radical (unpaired) electrons. The number of aromatic nitrogens is 1. The van der Waals surface area contributed by atoms with E-state index in [1.165, 1.54) is 12.3 Å². The van der Waals surface area contributed by atoms with E-state index in [-0.39, 0.29) is 5.88 Å². The van der Waals surface area contributed by atoms with Crippen molar-refractivity contribution >= 4 is 5.69 Å². The molecule has 1 heterocycles. The van der Waals surface area contributed by atoms with Gasteiger partial charge in [-0.05, 0) is 25.1 Å². The van der Waals surface area contributed by atoms with Crippen LogP contribution in [-0.4, -0.2) is 11.6 Å². The van der Waals surface area contributed by atoms with Crippen molar-refractivity contribution in [2.75, 3.05) is 12.3 Å². The number of anilines is 1. The topological polar surface area (TPSA) is 81.2 Å². The molecule has 0 unspecified atom stereocenters. The number of hydrogen-bond donors (Lipinski definition) is 1. The van der Waals surface area contributed by atoms with Crippen LogP contribution < -0.4 is 15.2 Å². The Morgan fingerprint density at radius 1 is 1.32 bits per heavy atom. The van der Waals surface area contributed by atoms with Crippen LogP contribution in [0.2, 0.25) is 0 Å². The lowest BCUT2D eigenvalue weighted by Gasteiger charge is -2.08. The van der Waals surface area contributed by atoms with Crippen LogP contribution in [0.3, 0.4) is 0 Å². The van der Waals surface area contributed by atoms with Crippen LogP contribution in [-0.2, 0) is 0 Å². The summed E-state index contributed by atoms with van der Waals surface area (Å²) in [5, 5.41) is 9.01. The van der Waals surface area contributed by atoms with E-state index in [2.05, 4.69) is 4.98 Å². The highest BCUT2D eigenvalue weighted by Crippen LogP contribution is 2.26. The van der Waals surface area contributed by atoms with E-state index in [9.17, 15) is 0 Å². The molecular weight excluding hydrogens is 242 g/mol. The highest BCUT2D eigenvalue weighted by atomic mass is 16.5. The molecule has 0 spiro atoms. The van der Waals surface area contributed by atoms with E-state index in [1.807, 2.05) is 25.1 Å². The van der Waals surface area contributed by atoms with Gasteiger partial charge < -0.3 is 15.2 Å². The molecular formula is C14H13N3O2. The molecule has 1 aromatic heterocycles. The van der Waals surface area contributed by atoms with Crippen molar-refractivity contribution in [2.24, 2.45) is 0 Å². The maximum Gasteiger partial charge on any atom is 0.237 e. The first-order chi connectivity index (χ1) is 9.22. The van der Waals surface area contributed by atoms with Crippen molar-refractivity contribution in [1.29, 1.82) is 5.26 Å². The van der Waals surface area contributed by atoms with Crippen molar-refractivity contribution in [3.63, 3.8) is 0 Å². The molecule has 2 N–H and O–H groups in total. The number of pyridine rings is 1. The zero-order valence-corrected chi connectivity index (χ0v) is 10.5. The van der Waals surface area contributed by atoms with Gasteiger partial charge in [-0.1, -0.05) is 6.07 Å². The zero-order valence-electron chi connectivity index (χ0n) is 10.5. The second kappa shape index (κ2) is 5.74. The monoisotopic (exact) mass is 255 g/mol. The van der Waals surface area contributed by atoms with Gasteiger partial charge >= 0.3 is 0 Å². The minimum atomic E-state index is 0.227. The Morgan fingerprint density at radius 3 is 2.84 bits per heavy atom. The summed E-state index contributed by atoms with van der Waals surface area (Å²) >= 11 is 0. The van der Waals surface area contributed by atoms with Crippen molar-refractivity contribution in [3.8, 4) is 23.4 Å². The highest BCUT2D eigenvalue weighted by molar-refractivity contribution is 5.49. The smallest absolute Gasteiger partial charge is 0.237 e.